The second-order valence-electron chi connectivity index (χ2n) is 4.25. The van der Waals surface area contributed by atoms with Gasteiger partial charge in [0.05, 0.1) is 13.4 Å². The van der Waals surface area contributed by atoms with Crippen LogP contribution in [0.1, 0.15) is 5.56 Å². The largest absolute Gasteiger partial charge is 0.496 e. The minimum Gasteiger partial charge on any atom is -0.496 e. The van der Waals surface area contributed by atoms with Crippen molar-refractivity contribution in [1.29, 1.82) is 0 Å². The van der Waals surface area contributed by atoms with Gasteiger partial charge in [-0.05, 0) is 29.8 Å². The summed E-state index contributed by atoms with van der Waals surface area (Å²) in [6.07, 6.45) is 1.54. The first kappa shape index (κ1) is 13.9. The number of methoxy groups -OCH3 is 1. The van der Waals surface area contributed by atoms with Crippen molar-refractivity contribution in [3.63, 3.8) is 0 Å². The number of aromatic nitrogens is 4. The maximum Gasteiger partial charge on any atom is 0.226 e. The number of anilines is 1. The first-order chi connectivity index (χ1) is 10.2. The van der Waals surface area contributed by atoms with Gasteiger partial charge in [0.1, 0.15) is 11.3 Å². The van der Waals surface area contributed by atoms with Gasteiger partial charge in [0.25, 0.3) is 0 Å². The predicted octanol–water partition coefficient (Wildman–Crippen LogP) is 3.28. The number of H-pyrrole nitrogens is 1. The molecule has 2 N–H and O–H groups in total. The van der Waals surface area contributed by atoms with Crippen LogP contribution in [0.2, 0.25) is 10.3 Å². The zero-order valence-electron chi connectivity index (χ0n) is 11.0. The Labute approximate surface area is 130 Å². The van der Waals surface area contributed by atoms with Crippen LogP contribution in [0.25, 0.3) is 11.2 Å². The van der Waals surface area contributed by atoms with Gasteiger partial charge in [0, 0.05) is 17.1 Å². The van der Waals surface area contributed by atoms with Crippen molar-refractivity contribution in [2.45, 2.75) is 6.54 Å². The number of aromatic amines is 1. The highest BCUT2D eigenvalue weighted by Gasteiger charge is 2.10. The zero-order valence-corrected chi connectivity index (χ0v) is 12.5. The molecule has 6 nitrogen and oxygen atoms in total. The Balaban J connectivity index is 1.90. The zero-order chi connectivity index (χ0) is 14.8. The molecule has 0 saturated carbocycles. The summed E-state index contributed by atoms with van der Waals surface area (Å²) in [6.45, 7) is 0.477. The molecule has 8 heteroatoms. The first-order valence-corrected chi connectivity index (χ1v) is 6.86. The van der Waals surface area contributed by atoms with Crippen LogP contribution in [0.5, 0.6) is 5.75 Å². The van der Waals surface area contributed by atoms with Crippen molar-refractivity contribution < 1.29 is 4.74 Å². The fourth-order valence-electron chi connectivity index (χ4n) is 2.00. The maximum atomic E-state index is 6.01. The predicted molar refractivity (Wildman–Crippen MR) is 82.0 cm³/mol. The van der Waals surface area contributed by atoms with Crippen LogP contribution in [0.3, 0.4) is 0 Å². The quantitative estimate of drug-likeness (QED) is 0.720. The molecule has 0 amide bonds. The molecule has 21 heavy (non-hydrogen) atoms. The molecule has 0 spiro atoms. The van der Waals surface area contributed by atoms with E-state index in [0.717, 1.165) is 11.3 Å². The third-order valence-corrected chi connectivity index (χ3v) is 3.35. The lowest BCUT2D eigenvalue weighted by Gasteiger charge is -2.11. The van der Waals surface area contributed by atoms with Crippen LogP contribution in [0.15, 0.2) is 24.5 Å². The Morgan fingerprint density at radius 2 is 2.14 bits per heavy atom. The number of halogens is 2. The molecule has 0 aliphatic carbocycles. The molecule has 2 heterocycles. The lowest BCUT2D eigenvalue weighted by Crippen LogP contribution is -2.04. The summed E-state index contributed by atoms with van der Waals surface area (Å²) in [7, 11) is 1.61. The molecule has 0 bridgehead atoms. The minimum atomic E-state index is 0.134. The molecule has 0 fully saturated rings. The van der Waals surface area contributed by atoms with E-state index in [1.54, 1.807) is 19.5 Å². The molecule has 0 unspecified atom stereocenters. The standard InChI is InChI=1S/C13H11Cl2N5O/c1-21-9-3-2-8(14)4-7(9)5-16-11-10-12(18-6-17-10)20-13(15)19-11/h2-4,6H,5H2,1H3,(H2,16,17,18,19,20). The van der Waals surface area contributed by atoms with E-state index in [0.29, 0.717) is 28.5 Å². The molecular weight excluding hydrogens is 313 g/mol. The summed E-state index contributed by atoms with van der Waals surface area (Å²) in [5, 5.41) is 3.96. The van der Waals surface area contributed by atoms with Gasteiger partial charge in [0.2, 0.25) is 5.28 Å². The number of rotatable bonds is 4. The van der Waals surface area contributed by atoms with E-state index in [4.69, 9.17) is 27.9 Å². The number of hydrogen-bond donors (Lipinski definition) is 2. The Hall–Kier alpha value is -2.05. The number of hydrogen-bond acceptors (Lipinski definition) is 5. The van der Waals surface area contributed by atoms with Gasteiger partial charge in [-0.3, -0.25) is 0 Å². The summed E-state index contributed by atoms with van der Waals surface area (Å²) in [6, 6.07) is 5.43. The van der Waals surface area contributed by atoms with Gasteiger partial charge >= 0.3 is 0 Å². The lowest BCUT2D eigenvalue weighted by atomic mass is 10.2. The Morgan fingerprint density at radius 1 is 1.29 bits per heavy atom. The molecule has 3 rings (SSSR count). The van der Waals surface area contributed by atoms with Gasteiger partial charge in [-0.25, -0.2) is 4.98 Å². The second-order valence-corrected chi connectivity index (χ2v) is 5.03. The van der Waals surface area contributed by atoms with Gasteiger partial charge in [-0.2, -0.15) is 9.97 Å². The van der Waals surface area contributed by atoms with Crippen LogP contribution in [-0.4, -0.2) is 27.0 Å². The van der Waals surface area contributed by atoms with Crippen molar-refractivity contribution in [2.24, 2.45) is 0 Å². The molecule has 0 aliphatic rings. The molecule has 1 aromatic carbocycles. The van der Waals surface area contributed by atoms with E-state index in [2.05, 4.69) is 25.3 Å². The highest BCUT2D eigenvalue weighted by molar-refractivity contribution is 6.30. The van der Waals surface area contributed by atoms with Crippen LogP contribution in [0.4, 0.5) is 5.82 Å². The van der Waals surface area contributed by atoms with Gasteiger partial charge in [0.15, 0.2) is 11.5 Å². The van der Waals surface area contributed by atoms with E-state index < -0.39 is 0 Å². The minimum absolute atomic E-state index is 0.134. The molecule has 0 saturated heterocycles. The highest BCUT2D eigenvalue weighted by atomic mass is 35.5. The summed E-state index contributed by atoms with van der Waals surface area (Å²) in [5.74, 6) is 1.32. The maximum absolute atomic E-state index is 6.01. The fraction of sp³-hybridized carbons (Fsp3) is 0.154. The Bertz CT molecular complexity index is 789. The van der Waals surface area contributed by atoms with Gasteiger partial charge in [-0.15, -0.1) is 0 Å². The molecule has 3 aromatic rings. The first-order valence-electron chi connectivity index (χ1n) is 6.10. The van der Waals surface area contributed by atoms with Crippen molar-refractivity contribution in [2.75, 3.05) is 12.4 Å². The second kappa shape index (κ2) is 5.75. The van der Waals surface area contributed by atoms with Crippen molar-refractivity contribution in [3.8, 4) is 5.75 Å². The lowest BCUT2D eigenvalue weighted by molar-refractivity contribution is 0.410. The van der Waals surface area contributed by atoms with Crippen LogP contribution in [-0.2, 0) is 6.54 Å². The number of nitrogens with zero attached hydrogens (tertiary/aromatic N) is 3. The topological polar surface area (TPSA) is 75.7 Å². The summed E-state index contributed by atoms with van der Waals surface area (Å²) in [4.78, 5) is 15.2. The summed E-state index contributed by atoms with van der Waals surface area (Å²) < 4.78 is 5.31. The number of ether oxygens (including phenoxy) is 1. The average molecular weight is 324 g/mol. The van der Waals surface area contributed by atoms with Crippen LogP contribution < -0.4 is 10.1 Å². The molecule has 0 aliphatic heterocycles. The molecular formula is C13H11Cl2N5O. The molecule has 108 valence electrons. The van der Waals surface area contributed by atoms with Crippen molar-refractivity contribution >= 4 is 40.2 Å². The van der Waals surface area contributed by atoms with Crippen LogP contribution in [0, 0.1) is 0 Å². The van der Waals surface area contributed by atoms with Crippen molar-refractivity contribution in [3.05, 3.63) is 40.4 Å². The smallest absolute Gasteiger partial charge is 0.226 e. The van der Waals surface area contributed by atoms with E-state index in [-0.39, 0.29) is 5.28 Å². The van der Waals surface area contributed by atoms with Gasteiger partial charge in [-0.1, -0.05) is 11.6 Å². The summed E-state index contributed by atoms with van der Waals surface area (Å²) in [5.41, 5.74) is 2.11. The Morgan fingerprint density at radius 3 is 2.95 bits per heavy atom. The van der Waals surface area contributed by atoms with E-state index in [9.17, 15) is 0 Å². The SMILES string of the molecule is COc1ccc(Cl)cc1CNc1nc(Cl)nc2nc[nH]c12. The normalized spacial score (nSPS) is 10.8. The third kappa shape index (κ3) is 2.86. The highest BCUT2D eigenvalue weighted by Crippen LogP contribution is 2.25. The molecule has 0 atom stereocenters. The fourth-order valence-corrected chi connectivity index (χ4v) is 2.36. The monoisotopic (exact) mass is 323 g/mol. The van der Waals surface area contributed by atoms with E-state index >= 15 is 0 Å². The number of nitrogens with one attached hydrogen (secondary N) is 2. The number of benzene rings is 1. The molecule has 2 aromatic heterocycles. The van der Waals surface area contributed by atoms with E-state index in [1.807, 2.05) is 12.1 Å². The number of fused-ring (bicyclic) bond motifs is 1. The molecule has 0 radical (unpaired) electrons. The van der Waals surface area contributed by atoms with Gasteiger partial charge < -0.3 is 15.0 Å². The van der Waals surface area contributed by atoms with Crippen LogP contribution >= 0.6 is 23.2 Å². The van der Waals surface area contributed by atoms with Crippen molar-refractivity contribution in [1.82, 2.24) is 19.9 Å². The number of imidazole rings is 1. The average Bonchev–Trinajstić information content (AvgIpc) is 2.93. The third-order valence-electron chi connectivity index (χ3n) is 2.95. The summed E-state index contributed by atoms with van der Waals surface area (Å²) >= 11 is 11.9. The van der Waals surface area contributed by atoms with E-state index in [1.165, 1.54) is 0 Å². The Kier molecular flexibility index (Phi) is 3.81.